The molecule has 0 unspecified atom stereocenters. The van der Waals surface area contributed by atoms with Crippen LogP contribution in [0.2, 0.25) is 0 Å². The van der Waals surface area contributed by atoms with Crippen LogP contribution in [-0.2, 0) is 20.0 Å². The van der Waals surface area contributed by atoms with Gasteiger partial charge in [0.1, 0.15) is 12.2 Å². The molecule has 4 heterocycles. The summed E-state index contributed by atoms with van der Waals surface area (Å²) in [6, 6.07) is 0. The van der Waals surface area contributed by atoms with E-state index in [1.54, 1.807) is 11.7 Å². The number of hydrogen-bond acceptors (Lipinski definition) is 4. The molecule has 2 aliphatic rings. The van der Waals surface area contributed by atoms with Crippen LogP contribution in [0, 0.1) is 0 Å². The predicted molar refractivity (Wildman–Crippen MR) is 84.0 cm³/mol. The number of amides is 1. The van der Waals surface area contributed by atoms with Gasteiger partial charge in [-0.25, -0.2) is 14.6 Å². The second-order valence-electron chi connectivity index (χ2n) is 6.49. The average Bonchev–Trinajstić information content (AvgIpc) is 3.20. The molecule has 1 fully saturated rings. The number of carbonyl (C=O) groups excluding carboxylic acids is 1. The standard InChI is InChI=1S/C16H22N6O/c1-20-15(18-11-19-20)16(23)21-8-5-12(6-9-21)14-17-10-13-4-2-3-7-22(13)14/h10-12H,2-9H2,1H3. The number of nitrogens with zero attached hydrogens (tertiary/aromatic N) is 6. The lowest BCUT2D eigenvalue weighted by molar-refractivity contribution is 0.0692. The lowest BCUT2D eigenvalue weighted by atomic mass is 9.95. The Hall–Kier alpha value is -2.18. The van der Waals surface area contributed by atoms with Crippen LogP contribution in [0.4, 0.5) is 0 Å². The van der Waals surface area contributed by atoms with E-state index >= 15 is 0 Å². The number of aryl methyl sites for hydroxylation is 2. The number of imidazole rings is 1. The summed E-state index contributed by atoms with van der Waals surface area (Å²) >= 11 is 0. The van der Waals surface area contributed by atoms with Crippen LogP contribution in [0.3, 0.4) is 0 Å². The molecule has 0 N–H and O–H groups in total. The van der Waals surface area contributed by atoms with Gasteiger partial charge in [0, 0.05) is 44.5 Å². The lowest BCUT2D eigenvalue weighted by Gasteiger charge is -2.32. The molecule has 2 aromatic heterocycles. The zero-order valence-electron chi connectivity index (χ0n) is 13.5. The van der Waals surface area contributed by atoms with E-state index in [0.717, 1.165) is 38.9 Å². The molecule has 2 aliphatic heterocycles. The molecule has 0 radical (unpaired) electrons. The number of fused-ring (bicyclic) bond motifs is 1. The summed E-state index contributed by atoms with van der Waals surface area (Å²) in [6.07, 6.45) is 9.09. The molecule has 1 amide bonds. The van der Waals surface area contributed by atoms with Crippen LogP contribution in [-0.4, -0.2) is 48.2 Å². The second-order valence-corrected chi connectivity index (χ2v) is 6.49. The SMILES string of the molecule is Cn1ncnc1C(=O)N1CCC(c2ncc3n2CCCC3)CC1. The van der Waals surface area contributed by atoms with Crippen molar-refractivity contribution in [3.8, 4) is 0 Å². The Kier molecular flexibility index (Phi) is 3.63. The van der Waals surface area contributed by atoms with Crippen molar-refractivity contribution in [2.45, 2.75) is 44.6 Å². The summed E-state index contributed by atoms with van der Waals surface area (Å²) in [4.78, 5) is 23.1. The Morgan fingerprint density at radius 1 is 1.17 bits per heavy atom. The van der Waals surface area contributed by atoms with E-state index in [4.69, 9.17) is 0 Å². The first-order valence-electron chi connectivity index (χ1n) is 8.41. The van der Waals surface area contributed by atoms with Gasteiger partial charge in [-0.1, -0.05) is 0 Å². The molecule has 1 saturated heterocycles. The van der Waals surface area contributed by atoms with Crippen molar-refractivity contribution >= 4 is 5.91 Å². The van der Waals surface area contributed by atoms with Crippen molar-refractivity contribution in [1.29, 1.82) is 0 Å². The molecule has 4 rings (SSSR count). The van der Waals surface area contributed by atoms with Gasteiger partial charge >= 0.3 is 0 Å². The van der Waals surface area contributed by atoms with E-state index in [-0.39, 0.29) is 5.91 Å². The maximum atomic E-state index is 12.5. The smallest absolute Gasteiger partial charge is 0.291 e. The van der Waals surface area contributed by atoms with E-state index in [1.165, 1.54) is 30.7 Å². The largest absolute Gasteiger partial charge is 0.336 e. The van der Waals surface area contributed by atoms with Crippen molar-refractivity contribution in [2.24, 2.45) is 7.05 Å². The monoisotopic (exact) mass is 314 g/mol. The van der Waals surface area contributed by atoms with Gasteiger partial charge in [-0.3, -0.25) is 4.79 Å². The van der Waals surface area contributed by atoms with E-state index in [9.17, 15) is 4.79 Å². The molecule has 0 atom stereocenters. The van der Waals surface area contributed by atoms with E-state index in [2.05, 4.69) is 19.6 Å². The fraction of sp³-hybridized carbons (Fsp3) is 0.625. The molecule has 0 spiro atoms. The quantitative estimate of drug-likeness (QED) is 0.839. The summed E-state index contributed by atoms with van der Waals surface area (Å²) < 4.78 is 3.95. The van der Waals surface area contributed by atoms with Crippen LogP contribution in [0.1, 0.15) is 53.7 Å². The number of rotatable bonds is 2. The van der Waals surface area contributed by atoms with Crippen molar-refractivity contribution < 1.29 is 4.79 Å². The third-order valence-corrected chi connectivity index (χ3v) is 5.08. The molecule has 0 aromatic carbocycles. The Morgan fingerprint density at radius 2 is 2.00 bits per heavy atom. The molecular formula is C16H22N6O. The number of likely N-dealkylation sites (tertiary alicyclic amines) is 1. The molecule has 0 saturated carbocycles. The Balaban J connectivity index is 1.44. The molecule has 23 heavy (non-hydrogen) atoms. The zero-order valence-corrected chi connectivity index (χ0v) is 13.5. The summed E-state index contributed by atoms with van der Waals surface area (Å²) in [5.41, 5.74) is 1.38. The molecule has 7 nitrogen and oxygen atoms in total. The first-order chi connectivity index (χ1) is 11.2. The average molecular weight is 314 g/mol. The Morgan fingerprint density at radius 3 is 2.74 bits per heavy atom. The highest BCUT2D eigenvalue weighted by atomic mass is 16.2. The number of hydrogen-bond donors (Lipinski definition) is 0. The van der Waals surface area contributed by atoms with Crippen LogP contribution in [0.25, 0.3) is 0 Å². The maximum absolute atomic E-state index is 12.5. The van der Waals surface area contributed by atoms with Gasteiger partial charge in [0.15, 0.2) is 0 Å². The number of piperidine rings is 1. The third kappa shape index (κ3) is 2.54. The van der Waals surface area contributed by atoms with Crippen molar-refractivity contribution in [1.82, 2.24) is 29.2 Å². The highest BCUT2D eigenvalue weighted by Crippen LogP contribution is 2.30. The third-order valence-electron chi connectivity index (χ3n) is 5.08. The molecule has 122 valence electrons. The first-order valence-corrected chi connectivity index (χ1v) is 8.41. The molecule has 7 heteroatoms. The van der Waals surface area contributed by atoms with Gasteiger partial charge in [-0.2, -0.15) is 5.10 Å². The van der Waals surface area contributed by atoms with Crippen LogP contribution >= 0.6 is 0 Å². The van der Waals surface area contributed by atoms with E-state index < -0.39 is 0 Å². The second kappa shape index (κ2) is 5.79. The van der Waals surface area contributed by atoms with Gasteiger partial charge in [-0.05, 0) is 32.1 Å². The minimum absolute atomic E-state index is 0.0198. The number of carbonyl (C=O) groups is 1. The Bertz CT molecular complexity index is 710. The maximum Gasteiger partial charge on any atom is 0.291 e. The van der Waals surface area contributed by atoms with Crippen LogP contribution in [0.15, 0.2) is 12.5 Å². The summed E-state index contributed by atoms with van der Waals surface area (Å²) in [5, 5.41) is 3.98. The van der Waals surface area contributed by atoms with E-state index in [1.807, 2.05) is 11.1 Å². The van der Waals surface area contributed by atoms with Gasteiger partial charge in [-0.15, -0.1) is 0 Å². The minimum atomic E-state index is -0.0198. The summed E-state index contributed by atoms with van der Waals surface area (Å²) in [5.74, 6) is 2.09. The van der Waals surface area contributed by atoms with Gasteiger partial charge in [0.25, 0.3) is 5.91 Å². The van der Waals surface area contributed by atoms with Crippen LogP contribution in [0.5, 0.6) is 0 Å². The van der Waals surface area contributed by atoms with Crippen molar-refractivity contribution in [3.05, 3.63) is 29.9 Å². The number of aromatic nitrogens is 5. The van der Waals surface area contributed by atoms with Gasteiger partial charge in [0.2, 0.25) is 5.82 Å². The molecule has 0 bridgehead atoms. The molecular weight excluding hydrogens is 292 g/mol. The molecule has 0 aliphatic carbocycles. The minimum Gasteiger partial charge on any atom is -0.336 e. The zero-order chi connectivity index (χ0) is 15.8. The highest BCUT2D eigenvalue weighted by Gasteiger charge is 2.29. The van der Waals surface area contributed by atoms with Crippen molar-refractivity contribution in [2.75, 3.05) is 13.1 Å². The lowest BCUT2D eigenvalue weighted by Crippen LogP contribution is -2.39. The first kappa shape index (κ1) is 14.4. The topological polar surface area (TPSA) is 68.8 Å². The fourth-order valence-electron chi connectivity index (χ4n) is 3.76. The van der Waals surface area contributed by atoms with Gasteiger partial charge < -0.3 is 9.47 Å². The predicted octanol–water partition coefficient (Wildman–Crippen LogP) is 1.37. The summed E-state index contributed by atoms with van der Waals surface area (Å²) in [7, 11) is 1.75. The normalized spacial score (nSPS) is 18.9. The van der Waals surface area contributed by atoms with Crippen molar-refractivity contribution in [3.63, 3.8) is 0 Å². The highest BCUT2D eigenvalue weighted by molar-refractivity contribution is 5.90. The van der Waals surface area contributed by atoms with Crippen LogP contribution < -0.4 is 0 Å². The van der Waals surface area contributed by atoms with Gasteiger partial charge in [0.05, 0.1) is 0 Å². The summed E-state index contributed by atoms with van der Waals surface area (Å²) in [6.45, 7) is 2.62. The van der Waals surface area contributed by atoms with E-state index in [0.29, 0.717) is 11.7 Å². The molecule has 2 aromatic rings. The fourth-order valence-corrected chi connectivity index (χ4v) is 3.76. The Labute approximate surface area is 135 Å².